The number of H-pyrrole nitrogens is 1. The van der Waals surface area contributed by atoms with Crippen LogP contribution in [-0.4, -0.2) is 29.1 Å². The maximum absolute atomic E-state index is 4.41. The van der Waals surface area contributed by atoms with Crippen molar-refractivity contribution >= 4 is 28.7 Å². The maximum atomic E-state index is 4.41. The van der Waals surface area contributed by atoms with Crippen LogP contribution in [0.1, 0.15) is 25.0 Å². The van der Waals surface area contributed by atoms with Crippen molar-refractivity contribution in [2.24, 2.45) is 9.98 Å². The first-order valence-electron chi connectivity index (χ1n) is 6.89. The molecule has 2 aromatic rings. The van der Waals surface area contributed by atoms with Crippen molar-refractivity contribution < 1.29 is 0 Å². The summed E-state index contributed by atoms with van der Waals surface area (Å²) in [5.74, 6) is 0. The molecule has 0 amide bonds. The van der Waals surface area contributed by atoms with Crippen LogP contribution in [0.3, 0.4) is 0 Å². The van der Waals surface area contributed by atoms with Crippen molar-refractivity contribution in [1.82, 2.24) is 9.97 Å². The van der Waals surface area contributed by atoms with Gasteiger partial charge in [-0.2, -0.15) is 0 Å². The van der Waals surface area contributed by atoms with E-state index in [0.717, 1.165) is 33.4 Å². The van der Waals surface area contributed by atoms with Crippen LogP contribution in [0.4, 0.5) is 0 Å². The lowest BCUT2D eigenvalue weighted by molar-refractivity contribution is 1.29. The predicted octanol–water partition coefficient (Wildman–Crippen LogP) is 3.95. The second kappa shape index (κ2) is 6.79. The van der Waals surface area contributed by atoms with Gasteiger partial charge in [0, 0.05) is 36.1 Å². The third kappa shape index (κ3) is 3.54. The molecule has 2 aromatic heterocycles. The van der Waals surface area contributed by atoms with Gasteiger partial charge in [0.15, 0.2) is 0 Å². The van der Waals surface area contributed by atoms with Crippen LogP contribution in [0.5, 0.6) is 0 Å². The lowest BCUT2D eigenvalue weighted by Gasteiger charge is -2.01. The molecule has 4 heteroatoms. The molecule has 0 aliphatic heterocycles. The SMILES string of the molecule is C/C=C(\C=C/C(C)=NC=NC)c1c[nH]c2ncc(C)cc12. The average Bonchev–Trinajstić information content (AvgIpc) is 2.89. The summed E-state index contributed by atoms with van der Waals surface area (Å²) in [7, 11) is 1.71. The van der Waals surface area contributed by atoms with Gasteiger partial charge in [0.2, 0.25) is 0 Å². The number of pyridine rings is 1. The van der Waals surface area contributed by atoms with E-state index in [-0.39, 0.29) is 0 Å². The molecule has 0 bridgehead atoms. The molecule has 0 aliphatic carbocycles. The Morgan fingerprint density at radius 1 is 1.33 bits per heavy atom. The molecule has 108 valence electrons. The summed E-state index contributed by atoms with van der Waals surface area (Å²) in [6, 6.07) is 2.15. The van der Waals surface area contributed by atoms with Gasteiger partial charge in [-0.05, 0) is 44.1 Å². The number of aryl methyl sites for hydroxylation is 1. The highest BCUT2D eigenvalue weighted by Crippen LogP contribution is 2.25. The Morgan fingerprint density at radius 2 is 2.14 bits per heavy atom. The number of aromatic nitrogens is 2. The van der Waals surface area contributed by atoms with Crippen LogP contribution in [0.15, 0.2) is 46.7 Å². The molecule has 0 saturated carbocycles. The fourth-order valence-electron chi connectivity index (χ4n) is 2.09. The minimum absolute atomic E-state index is 0.909. The number of rotatable bonds is 4. The van der Waals surface area contributed by atoms with Gasteiger partial charge in [-0.3, -0.25) is 4.99 Å². The van der Waals surface area contributed by atoms with E-state index in [1.807, 2.05) is 32.3 Å². The van der Waals surface area contributed by atoms with Crippen molar-refractivity contribution in [3.05, 3.63) is 47.8 Å². The highest BCUT2D eigenvalue weighted by molar-refractivity contribution is 6.01. The van der Waals surface area contributed by atoms with Crippen molar-refractivity contribution in [2.75, 3.05) is 7.05 Å². The Balaban J connectivity index is 2.37. The van der Waals surface area contributed by atoms with Crippen LogP contribution >= 0.6 is 0 Å². The van der Waals surface area contributed by atoms with E-state index in [0.29, 0.717) is 0 Å². The predicted molar refractivity (Wildman–Crippen MR) is 91.1 cm³/mol. The fraction of sp³-hybridized carbons (Fsp3) is 0.235. The first kappa shape index (κ1) is 14.9. The van der Waals surface area contributed by atoms with Gasteiger partial charge in [-0.15, -0.1) is 0 Å². The van der Waals surface area contributed by atoms with E-state index >= 15 is 0 Å². The molecule has 0 saturated heterocycles. The monoisotopic (exact) mass is 280 g/mol. The van der Waals surface area contributed by atoms with Crippen LogP contribution in [0.25, 0.3) is 16.6 Å². The summed E-state index contributed by atoms with van der Waals surface area (Å²) < 4.78 is 0. The molecular formula is C17H20N4. The Hall–Kier alpha value is -2.49. The topological polar surface area (TPSA) is 53.4 Å². The summed E-state index contributed by atoms with van der Waals surface area (Å²) in [4.78, 5) is 15.7. The Morgan fingerprint density at radius 3 is 2.86 bits per heavy atom. The zero-order chi connectivity index (χ0) is 15.2. The zero-order valence-corrected chi connectivity index (χ0v) is 12.9. The van der Waals surface area contributed by atoms with E-state index in [9.17, 15) is 0 Å². The molecule has 0 atom stereocenters. The highest BCUT2D eigenvalue weighted by Gasteiger charge is 2.07. The molecule has 21 heavy (non-hydrogen) atoms. The second-order valence-electron chi connectivity index (χ2n) is 4.83. The minimum Gasteiger partial charge on any atom is -0.346 e. The van der Waals surface area contributed by atoms with E-state index in [2.05, 4.69) is 45.1 Å². The van der Waals surface area contributed by atoms with Crippen molar-refractivity contribution in [1.29, 1.82) is 0 Å². The number of nitrogens with zero attached hydrogens (tertiary/aromatic N) is 3. The highest BCUT2D eigenvalue weighted by atomic mass is 14.8. The van der Waals surface area contributed by atoms with E-state index < -0.39 is 0 Å². The molecule has 0 radical (unpaired) electrons. The van der Waals surface area contributed by atoms with Crippen LogP contribution in [0.2, 0.25) is 0 Å². The lowest BCUT2D eigenvalue weighted by atomic mass is 10.0. The summed E-state index contributed by atoms with van der Waals surface area (Å²) in [6.07, 6.45) is 11.6. The number of aromatic amines is 1. The average molecular weight is 280 g/mol. The van der Waals surface area contributed by atoms with E-state index in [1.165, 1.54) is 0 Å². The largest absolute Gasteiger partial charge is 0.346 e. The summed E-state index contributed by atoms with van der Waals surface area (Å²) in [6.45, 7) is 6.03. The standard InChI is InChI=1S/C17H20N4/c1-5-14(7-6-13(3)21-11-18-4)16-10-20-17-15(16)8-12(2)9-19-17/h5-11H,1-4H3,(H,19,20)/b7-6-,14-5+,18-11?,21-13?. The van der Waals surface area contributed by atoms with Crippen LogP contribution in [0, 0.1) is 6.92 Å². The summed E-state index contributed by atoms with van der Waals surface area (Å²) in [5, 5.41) is 1.14. The Kier molecular flexibility index (Phi) is 4.82. The van der Waals surface area contributed by atoms with Crippen molar-refractivity contribution in [3.8, 4) is 0 Å². The number of allylic oxidation sites excluding steroid dienone is 4. The van der Waals surface area contributed by atoms with Gasteiger partial charge >= 0.3 is 0 Å². The molecular weight excluding hydrogens is 260 g/mol. The smallest absolute Gasteiger partial charge is 0.137 e. The number of hydrogen-bond acceptors (Lipinski definition) is 2. The van der Waals surface area contributed by atoms with Gasteiger partial charge in [0.1, 0.15) is 12.0 Å². The zero-order valence-electron chi connectivity index (χ0n) is 12.9. The molecule has 0 aliphatic rings. The molecule has 0 spiro atoms. The second-order valence-corrected chi connectivity index (χ2v) is 4.83. The Labute approximate surface area is 125 Å². The van der Waals surface area contributed by atoms with Crippen LogP contribution in [-0.2, 0) is 0 Å². The van der Waals surface area contributed by atoms with E-state index in [4.69, 9.17) is 0 Å². The van der Waals surface area contributed by atoms with Crippen LogP contribution < -0.4 is 0 Å². The summed E-state index contributed by atoms with van der Waals surface area (Å²) >= 11 is 0. The quantitative estimate of drug-likeness (QED) is 0.514. The lowest BCUT2D eigenvalue weighted by Crippen LogP contribution is -1.86. The van der Waals surface area contributed by atoms with Gasteiger partial charge in [-0.25, -0.2) is 9.98 Å². The molecule has 2 rings (SSSR count). The van der Waals surface area contributed by atoms with Gasteiger partial charge in [-0.1, -0.05) is 12.2 Å². The van der Waals surface area contributed by atoms with Crippen molar-refractivity contribution in [2.45, 2.75) is 20.8 Å². The van der Waals surface area contributed by atoms with Gasteiger partial charge < -0.3 is 4.98 Å². The van der Waals surface area contributed by atoms with Crippen molar-refractivity contribution in [3.63, 3.8) is 0 Å². The number of nitrogens with one attached hydrogen (secondary N) is 1. The fourth-order valence-corrected chi connectivity index (χ4v) is 2.09. The molecule has 0 fully saturated rings. The third-order valence-corrected chi connectivity index (χ3v) is 3.17. The Bertz CT molecular complexity index is 745. The molecule has 0 unspecified atom stereocenters. The molecule has 1 N–H and O–H groups in total. The first-order chi connectivity index (χ1) is 10.2. The number of fused-ring (bicyclic) bond motifs is 1. The van der Waals surface area contributed by atoms with Gasteiger partial charge in [0.25, 0.3) is 0 Å². The van der Waals surface area contributed by atoms with Gasteiger partial charge in [0.05, 0.1) is 0 Å². The number of hydrogen-bond donors (Lipinski definition) is 1. The normalized spacial score (nSPS) is 13.9. The first-order valence-corrected chi connectivity index (χ1v) is 6.89. The molecule has 0 aromatic carbocycles. The maximum Gasteiger partial charge on any atom is 0.137 e. The minimum atomic E-state index is 0.909. The molecule has 2 heterocycles. The molecule has 4 nitrogen and oxygen atoms in total. The third-order valence-electron chi connectivity index (χ3n) is 3.17. The number of aliphatic imine (C=N–C) groups is 2. The van der Waals surface area contributed by atoms with E-state index in [1.54, 1.807) is 13.4 Å². The summed E-state index contributed by atoms with van der Waals surface area (Å²) in [5.41, 5.74) is 5.26.